The van der Waals surface area contributed by atoms with E-state index in [1.165, 1.54) is 11.1 Å². The van der Waals surface area contributed by atoms with Crippen molar-refractivity contribution < 1.29 is 0 Å². The molecule has 1 atom stereocenters. The molecule has 0 amide bonds. The third-order valence-corrected chi connectivity index (χ3v) is 4.73. The Labute approximate surface area is 134 Å². The number of benzene rings is 2. The van der Waals surface area contributed by atoms with E-state index in [0.717, 1.165) is 30.9 Å². The lowest BCUT2D eigenvalue weighted by molar-refractivity contribution is 0.185. The highest BCUT2D eigenvalue weighted by atomic mass is 16.1. The summed E-state index contributed by atoms with van der Waals surface area (Å²) in [5.74, 6) is 0.744. The van der Waals surface area contributed by atoms with E-state index in [9.17, 15) is 4.79 Å². The molecule has 116 valence electrons. The third kappa shape index (κ3) is 2.55. The Morgan fingerprint density at radius 3 is 2.70 bits per heavy atom. The molecule has 1 N–H and O–H groups in total. The number of fused-ring (bicyclic) bond motifs is 2. The van der Waals surface area contributed by atoms with Gasteiger partial charge in [0, 0.05) is 13.1 Å². The number of rotatable bonds is 2. The molecule has 0 bridgehead atoms. The molecule has 0 spiro atoms. The fourth-order valence-electron chi connectivity index (χ4n) is 3.32. The molecule has 4 heteroatoms. The molecule has 0 fully saturated rings. The van der Waals surface area contributed by atoms with Crippen LogP contribution in [0.25, 0.3) is 10.9 Å². The van der Waals surface area contributed by atoms with E-state index in [-0.39, 0.29) is 11.6 Å². The van der Waals surface area contributed by atoms with Gasteiger partial charge in [0.15, 0.2) is 0 Å². The van der Waals surface area contributed by atoms with Crippen molar-refractivity contribution in [2.45, 2.75) is 25.9 Å². The molecule has 0 saturated carbocycles. The van der Waals surface area contributed by atoms with Crippen molar-refractivity contribution >= 4 is 10.9 Å². The Morgan fingerprint density at radius 1 is 1.09 bits per heavy atom. The summed E-state index contributed by atoms with van der Waals surface area (Å²) < 4.78 is 0. The highest BCUT2D eigenvalue weighted by Crippen LogP contribution is 2.26. The molecule has 0 radical (unpaired) electrons. The van der Waals surface area contributed by atoms with Crippen molar-refractivity contribution in [3.05, 3.63) is 75.8 Å². The topological polar surface area (TPSA) is 49.0 Å². The maximum atomic E-state index is 12.3. The number of para-hydroxylation sites is 1. The van der Waals surface area contributed by atoms with E-state index < -0.39 is 0 Å². The van der Waals surface area contributed by atoms with Crippen LogP contribution in [0.5, 0.6) is 0 Å². The van der Waals surface area contributed by atoms with Crippen LogP contribution in [0.4, 0.5) is 0 Å². The van der Waals surface area contributed by atoms with Crippen LogP contribution < -0.4 is 5.56 Å². The zero-order valence-electron chi connectivity index (χ0n) is 13.1. The highest BCUT2D eigenvalue weighted by Gasteiger charge is 2.23. The summed E-state index contributed by atoms with van der Waals surface area (Å²) in [6, 6.07) is 16.1. The second-order valence-corrected chi connectivity index (χ2v) is 6.13. The number of hydrogen-bond acceptors (Lipinski definition) is 3. The molecular formula is C19H19N3O. The summed E-state index contributed by atoms with van der Waals surface area (Å²) in [7, 11) is 0. The summed E-state index contributed by atoms with van der Waals surface area (Å²) in [5, 5.41) is 0.646. The van der Waals surface area contributed by atoms with Gasteiger partial charge in [-0.3, -0.25) is 9.69 Å². The van der Waals surface area contributed by atoms with Crippen molar-refractivity contribution in [2.75, 3.05) is 6.54 Å². The maximum absolute atomic E-state index is 12.3. The summed E-state index contributed by atoms with van der Waals surface area (Å²) in [6.45, 7) is 3.99. The second-order valence-electron chi connectivity index (χ2n) is 6.13. The van der Waals surface area contributed by atoms with E-state index in [1.807, 2.05) is 24.3 Å². The van der Waals surface area contributed by atoms with Gasteiger partial charge in [0.1, 0.15) is 5.82 Å². The largest absolute Gasteiger partial charge is 0.309 e. The summed E-state index contributed by atoms with van der Waals surface area (Å²) >= 11 is 0. The van der Waals surface area contributed by atoms with Gasteiger partial charge in [-0.15, -0.1) is 0 Å². The van der Waals surface area contributed by atoms with Crippen LogP contribution in [-0.2, 0) is 13.0 Å². The lowest BCUT2D eigenvalue weighted by Gasteiger charge is -2.33. The second kappa shape index (κ2) is 5.63. The predicted octanol–water partition coefficient (Wildman–Crippen LogP) is 3.04. The van der Waals surface area contributed by atoms with Crippen LogP contribution in [-0.4, -0.2) is 21.4 Å². The van der Waals surface area contributed by atoms with Gasteiger partial charge < -0.3 is 4.98 Å². The smallest absolute Gasteiger partial charge is 0.258 e. The Bertz CT molecular complexity index is 916. The first kappa shape index (κ1) is 14.2. The number of nitrogens with zero attached hydrogens (tertiary/aromatic N) is 2. The van der Waals surface area contributed by atoms with Crippen LogP contribution in [0.1, 0.15) is 29.9 Å². The molecule has 0 saturated heterocycles. The average Bonchev–Trinajstić information content (AvgIpc) is 2.60. The third-order valence-electron chi connectivity index (χ3n) is 4.73. The van der Waals surface area contributed by atoms with Gasteiger partial charge in [-0.25, -0.2) is 4.98 Å². The van der Waals surface area contributed by atoms with Gasteiger partial charge in [0.05, 0.1) is 16.9 Å². The van der Waals surface area contributed by atoms with Crippen LogP contribution in [0.3, 0.4) is 0 Å². The number of hydrogen-bond donors (Lipinski definition) is 1. The fourth-order valence-corrected chi connectivity index (χ4v) is 3.32. The monoisotopic (exact) mass is 305 g/mol. The minimum absolute atomic E-state index is 0.0603. The van der Waals surface area contributed by atoms with E-state index in [2.05, 4.69) is 46.1 Å². The Morgan fingerprint density at radius 2 is 1.83 bits per heavy atom. The SMILES string of the molecule is CC(c1nc2ccccc2c(=O)[nH]1)N1CCc2ccccc2C1. The lowest BCUT2D eigenvalue weighted by atomic mass is 9.99. The van der Waals surface area contributed by atoms with Crippen molar-refractivity contribution in [3.63, 3.8) is 0 Å². The molecule has 3 aromatic rings. The molecule has 4 nitrogen and oxygen atoms in total. The van der Waals surface area contributed by atoms with E-state index in [4.69, 9.17) is 0 Å². The molecule has 1 aliphatic heterocycles. The van der Waals surface area contributed by atoms with E-state index in [1.54, 1.807) is 0 Å². The molecule has 1 aliphatic rings. The maximum Gasteiger partial charge on any atom is 0.258 e. The first-order valence-corrected chi connectivity index (χ1v) is 8.02. The summed E-state index contributed by atoms with van der Waals surface area (Å²) in [5.41, 5.74) is 3.50. The average molecular weight is 305 g/mol. The molecule has 4 rings (SSSR count). The van der Waals surface area contributed by atoms with Crippen LogP contribution in [0, 0.1) is 0 Å². The normalized spacial score (nSPS) is 16.2. The van der Waals surface area contributed by atoms with Gasteiger partial charge in [-0.05, 0) is 36.6 Å². The fraction of sp³-hybridized carbons (Fsp3) is 0.263. The minimum atomic E-state index is -0.0603. The molecule has 2 aromatic carbocycles. The van der Waals surface area contributed by atoms with E-state index in [0.29, 0.717) is 5.39 Å². The van der Waals surface area contributed by atoms with Crippen molar-refractivity contribution in [1.29, 1.82) is 0 Å². The van der Waals surface area contributed by atoms with Crippen LogP contribution >= 0.6 is 0 Å². The lowest BCUT2D eigenvalue weighted by Crippen LogP contribution is -2.34. The zero-order valence-corrected chi connectivity index (χ0v) is 13.1. The molecule has 1 aromatic heterocycles. The quantitative estimate of drug-likeness (QED) is 0.791. The van der Waals surface area contributed by atoms with Gasteiger partial charge in [-0.1, -0.05) is 36.4 Å². The minimum Gasteiger partial charge on any atom is -0.309 e. The molecule has 1 unspecified atom stereocenters. The summed E-state index contributed by atoms with van der Waals surface area (Å²) in [6.07, 6.45) is 1.04. The van der Waals surface area contributed by atoms with Crippen LogP contribution in [0.2, 0.25) is 0 Å². The molecule has 0 aliphatic carbocycles. The van der Waals surface area contributed by atoms with Crippen molar-refractivity contribution in [1.82, 2.24) is 14.9 Å². The Kier molecular flexibility index (Phi) is 3.46. The predicted molar refractivity (Wildman–Crippen MR) is 91.3 cm³/mol. The van der Waals surface area contributed by atoms with Gasteiger partial charge >= 0.3 is 0 Å². The summed E-state index contributed by atoms with van der Waals surface area (Å²) in [4.78, 5) is 22.3. The highest BCUT2D eigenvalue weighted by molar-refractivity contribution is 5.77. The zero-order chi connectivity index (χ0) is 15.8. The first-order chi connectivity index (χ1) is 11.2. The van der Waals surface area contributed by atoms with Gasteiger partial charge in [0.2, 0.25) is 0 Å². The Hall–Kier alpha value is -2.46. The molecule has 2 heterocycles. The first-order valence-electron chi connectivity index (χ1n) is 8.02. The molecular weight excluding hydrogens is 286 g/mol. The standard InChI is InChI=1S/C19H19N3O/c1-13(22-11-10-14-6-2-3-7-15(14)12-22)18-20-17-9-5-4-8-16(17)19(23)21-18/h2-9,13H,10-12H2,1H3,(H,20,21,23). The van der Waals surface area contributed by atoms with Crippen LogP contribution in [0.15, 0.2) is 53.3 Å². The van der Waals surface area contributed by atoms with Crippen molar-refractivity contribution in [2.24, 2.45) is 0 Å². The van der Waals surface area contributed by atoms with Gasteiger partial charge in [-0.2, -0.15) is 0 Å². The van der Waals surface area contributed by atoms with E-state index >= 15 is 0 Å². The number of H-pyrrole nitrogens is 1. The number of aromatic amines is 1. The Balaban J connectivity index is 1.67. The number of nitrogens with one attached hydrogen (secondary N) is 1. The number of aromatic nitrogens is 2. The molecule has 23 heavy (non-hydrogen) atoms. The van der Waals surface area contributed by atoms with Gasteiger partial charge in [0.25, 0.3) is 5.56 Å². The van der Waals surface area contributed by atoms with Crippen molar-refractivity contribution in [3.8, 4) is 0 Å².